The van der Waals surface area contributed by atoms with Crippen LogP contribution in [0.2, 0.25) is 5.02 Å². The molecular formula is C24H23ClN4O3S. The van der Waals surface area contributed by atoms with Gasteiger partial charge in [0.15, 0.2) is 5.82 Å². The van der Waals surface area contributed by atoms with E-state index in [0.29, 0.717) is 49.3 Å². The third-order valence-corrected chi connectivity index (χ3v) is 6.30. The number of nitrogens with one attached hydrogen (secondary N) is 1. The first-order valence-corrected chi connectivity index (χ1v) is 11.6. The standard InChI is InChI=1S/C24H23ClN4O3S/c1-13(2)22-28-24(32-29-22)18-7-5-6-14(3)20(18)27-23(30)21-15(4)26-19(33-21)12-31-17-10-8-16(25)9-11-17/h5-11,13H,12H2,1-4H3,(H,27,30). The van der Waals surface area contributed by atoms with E-state index >= 15 is 0 Å². The van der Waals surface area contributed by atoms with Gasteiger partial charge >= 0.3 is 0 Å². The summed E-state index contributed by atoms with van der Waals surface area (Å²) in [7, 11) is 0. The molecule has 7 nitrogen and oxygen atoms in total. The molecule has 2 aromatic carbocycles. The molecule has 0 aliphatic rings. The number of hydrogen-bond acceptors (Lipinski definition) is 7. The van der Waals surface area contributed by atoms with Gasteiger partial charge in [-0.25, -0.2) is 4.98 Å². The lowest BCUT2D eigenvalue weighted by atomic mass is 10.1. The average molecular weight is 483 g/mol. The van der Waals surface area contributed by atoms with Crippen LogP contribution in [0.1, 0.15) is 51.5 Å². The predicted octanol–water partition coefficient (Wildman–Crippen LogP) is 6.42. The zero-order chi connectivity index (χ0) is 23.5. The molecule has 0 fully saturated rings. The van der Waals surface area contributed by atoms with Gasteiger partial charge < -0.3 is 14.6 Å². The van der Waals surface area contributed by atoms with E-state index in [9.17, 15) is 4.79 Å². The summed E-state index contributed by atoms with van der Waals surface area (Å²) in [5, 5.41) is 8.40. The molecule has 170 valence electrons. The van der Waals surface area contributed by atoms with Crippen molar-refractivity contribution >= 4 is 34.5 Å². The fraction of sp³-hybridized carbons (Fsp3) is 0.250. The van der Waals surface area contributed by atoms with Crippen LogP contribution in [0.5, 0.6) is 5.75 Å². The Labute approximate surface area is 200 Å². The van der Waals surface area contributed by atoms with Crippen molar-refractivity contribution in [2.75, 3.05) is 5.32 Å². The quantitative estimate of drug-likeness (QED) is 0.327. The Hall–Kier alpha value is -3.23. The van der Waals surface area contributed by atoms with E-state index in [-0.39, 0.29) is 18.4 Å². The van der Waals surface area contributed by atoms with E-state index < -0.39 is 0 Å². The monoisotopic (exact) mass is 482 g/mol. The van der Waals surface area contributed by atoms with E-state index in [4.69, 9.17) is 20.9 Å². The largest absolute Gasteiger partial charge is 0.486 e. The van der Waals surface area contributed by atoms with Crippen LogP contribution in [0.25, 0.3) is 11.5 Å². The lowest BCUT2D eigenvalue weighted by Gasteiger charge is -2.11. The highest BCUT2D eigenvalue weighted by atomic mass is 35.5. The Morgan fingerprint density at radius 2 is 1.91 bits per heavy atom. The number of amides is 1. The molecule has 0 aliphatic heterocycles. The Morgan fingerprint density at radius 1 is 1.15 bits per heavy atom. The number of ether oxygens (including phenoxy) is 1. The van der Waals surface area contributed by atoms with Gasteiger partial charge in [-0.05, 0) is 49.7 Å². The summed E-state index contributed by atoms with van der Waals surface area (Å²) in [5.74, 6) is 1.56. The number of thiazole rings is 1. The van der Waals surface area contributed by atoms with E-state index in [0.717, 1.165) is 5.56 Å². The SMILES string of the molecule is Cc1cccc(-c2nc(C(C)C)no2)c1NC(=O)c1sc(COc2ccc(Cl)cc2)nc1C. The third-order valence-electron chi connectivity index (χ3n) is 4.92. The van der Waals surface area contributed by atoms with Crippen molar-refractivity contribution in [2.24, 2.45) is 0 Å². The van der Waals surface area contributed by atoms with Crippen LogP contribution in [-0.2, 0) is 6.61 Å². The van der Waals surface area contributed by atoms with Crippen molar-refractivity contribution in [3.05, 3.63) is 74.5 Å². The number of nitrogens with zero attached hydrogens (tertiary/aromatic N) is 3. The van der Waals surface area contributed by atoms with Gasteiger partial charge in [0.25, 0.3) is 11.8 Å². The number of benzene rings is 2. The van der Waals surface area contributed by atoms with Gasteiger partial charge in [0.2, 0.25) is 0 Å². The van der Waals surface area contributed by atoms with E-state index in [1.54, 1.807) is 24.3 Å². The van der Waals surface area contributed by atoms with Crippen LogP contribution in [0, 0.1) is 13.8 Å². The maximum atomic E-state index is 13.1. The molecule has 0 saturated heterocycles. The molecule has 9 heteroatoms. The molecule has 0 atom stereocenters. The predicted molar refractivity (Wildman–Crippen MR) is 129 cm³/mol. The maximum absolute atomic E-state index is 13.1. The van der Waals surface area contributed by atoms with Crippen LogP contribution in [0.15, 0.2) is 47.0 Å². The second-order valence-electron chi connectivity index (χ2n) is 7.83. The minimum Gasteiger partial charge on any atom is -0.486 e. The summed E-state index contributed by atoms with van der Waals surface area (Å²) < 4.78 is 11.2. The number of para-hydroxylation sites is 1. The van der Waals surface area contributed by atoms with Gasteiger partial charge in [-0.3, -0.25) is 4.79 Å². The van der Waals surface area contributed by atoms with Crippen LogP contribution in [0.3, 0.4) is 0 Å². The maximum Gasteiger partial charge on any atom is 0.267 e. The van der Waals surface area contributed by atoms with Gasteiger partial charge in [-0.2, -0.15) is 4.98 Å². The third kappa shape index (κ3) is 5.23. The molecule has 33 heavy (non-hydrogen) atoms. The average Bonchev–Trinajstić information content (AvgIpc) is 3.42. The molecule has 1 amide bonds. The van der Waals surface area contributed by atoms with Crippen molar-refractivity contribution in [1.82, 2.24) is 15.1 Å². The molecule has 2 aromatic heterocycles. The summed E-state index contributed by atoms with van der Waals surface area (Å²) in [6.07, 6.45) is 0. The zero-order valence-corrected chi connectivity index (χ0v) is 20.3. The molecule has 0 aliphatic carbocycles. The molecule has 4 aromatic rings. The van der Waals surface area contributed by atoms with Gasteiger partial charge in [0, 0.05) is 10.9 Å². The number of halogens is 1. The van der Waals surface area contributed by atoms with E-state index in [2.05, 4.69) is 20.4 Å². The number of aromatic nitrogens is 3. The van der Waals surface area contributed by atoms with Gasteiger partial charge in [0.05, 0.1) is 16.9 Å². The van der Waals surface area contributed by atoms with Crippen molar-refractivity contribution in [3.63, 3.8) is 0 Å². The second kappa shape index (κ2) is 9.72. The first-order valence-electron chi connectivity index (χ1n) is 10.4. The first-order chi connectivity index (χ1) is 15.8. The highest BCUT2D eigenvalue weighted by Crippen LogP contribution is 2.32. The van der Waals surface area contributed by atoms with Gasteiger partial charge in [0.1, 0.15) is 22.2 Å². The van der Waals surface area contributed by atoms with Gasteiger partial charge in [-0.15, -0.1) is 11.3 Å². The topological polar surface area (TPSA) is 90.1 Å². The van der Waals surface area contributed by atoms with Crippen molar-refractivity contribution in [3.8, 4) is 17.2 Å². The fourth-order valence-corrected chi connectivity index (χ4v) is 4.16. The van der Waals surface area contributed by atoms with Crippen molar-refractivity contribution in [1.29, 1.82) is 0 Å². The molecule has 2 heterocycles. The second-order valence-corrected chi connectivity index (χ2v) is 9.35. The van der Waals surface area contributed by atoms with Crippen LogP contribution >= 0.6 is 22.9 Å². The lowest BCUT2D eigenvalue weighted by molar-refractivity contribution is 0.102. The number of anilines is 1. The molecule has 0 bridgehead atoms. The van der Waals surface area contributed by atoms with Crippen molar-refractivity contribution < 1.29 is 14.1 Å². The molecular weight excluding hydrogens is 460 g/mol. The molecule has 1 N–H and O–H groups in total. The number of hydrogen-bond donors (Lipinski definition) is 1. The summed E-state index contributed by atoms with van der Waals surface area (Å²) >= 11 is 7.21. The van der Waals surface area contributed by atoms with Crippen LogP contribution in [-0.4, -0.2) is 21.0 Å². The summed E-state index contributed by atoms with van der Waals surface area (Å²) in [6.45, 7) is 7.98. The van der Waals surface area contributed by atoms with E-state index in [1.165, 1.54) is 11.3 Å². The minimum atomic E-state index is -0.248. The molecule has 0 spiro atoms. The number of rotatable bonds is 7. The zero-order valence-electron chi connectivity index (χ0n) is 18.7. The smallest absolute Gasteiger partial charge is 0.267 e. The summed E-state index contributed by atoms with van der Waals surface area (Å²) in [6, 6.07) is 12.8. The number of carbonyl (C=O) groups is 1. The van der Waals surface area contributed by atoms with Crippen LogP contribution < -0.4 is 10.1 Å². The minimum absolute atomic E-state index is 0.138. The van der Waals surface area contributed by atoms with Crippen LogP contribution in [0.4, 0.5) is 5.69 Å². The number of carbonyl (C=O) groups excluding carboxylic acids is 1. The summed E-state index contributed by atoms with van der Waals surface area (Å²) in [5.41, 5.74) is 2.84. The Bertz CT molecular complexity index is 1280. The lowest BCUT2D eigenvalue weighted by Crippen LogP contribution is -2.13. The molecule has 0 saturated carbocycles. The first kappa shape index (κ1) is 22.9. The Kier molecular flexibility index (Phi) is 6.76. The molecule has 4 rings (SSSR count). The number of aryl methyl sites for hydroxylation is 2. The molecule has 0 radical (unpaired) electrons. The summed E-state index contributed by atoms with van der Waals surface area (Å²) in [4.78, 5) is 22.6. The normalized spacial score (nSPS) is 11.1. The highest BCUT2D eigenvalue weighted by molar-refractivity contribution is 7.13. The Balaban J connectivity index is 1.53. The fourth-order valence-electron chi connectivity index (χ4n) is 3.16. The Morgan fingerprint density at radius 3 is 2.61 bits per heavy atom. The van der Waals surface area contributed by atoms with E-state index in [1.807, 2.05) is 45.9 Å². The van der Waals surface area contributed by atoms with Crippen molar-refractivity contribution in [2.45, 2.75) is 40.2 Å². The molecule has 0 unspecified atom stereocenters. The van der Waals surface area contributed by atoms with Gasteiger partial charge in [-0.1, -0.05) is 42.7 Å². The highest BCUT2D eigenvalue weighted by Gasteiger charge is 2.21.